The first kappa shape index (κ1) is 17.0. The summed E-state index contributed by atoms with van der Waals surface area (Å²) in [6.45, 7) is 3.19. The van der Waals surface area contributed by atoms with Crippen molar-refractivity contribution in [3.05, 3.63) is 14.7 Å². The number of rotatable bonds is 8. The highest BCUT2D eigenvalue weighted by Gasteiger charge is 2.28. The van der Waals surface area contributed by atoms with E-state index in [1.807, 2.05) is 6.92 Å². The van der Waals surface area contributed by atoms with Crippen molar-refractivity contribution in [2.45, 2.75) is 43.7 Å². The Morgan fingerprint density at radius 2 is 2.29 bits per heavy atom. The maximum Gasteiger partial charge on any atom is 0.245 e. The maximum absolute atomic E-state index is 12.7. The molecular formula is C14H19BrN2O2S2. The fourth-order valence-electron chi connectivity index (χ4n) is 1.97. The van der Waals surface area contributed by atoms with Crippen molar-refractivity contribution >= 4 is 37.3 Å². The molecule has 1 aliphatic carbocycles. The van der Waals surface area contributed by atoms with E-state index >= 15 is 0 Å². The van der Waals surface area contributed by atoms with Gasteiger partial charge in [-0.3, -0.25) is 0 Å². The van der Waals surface area contributed by atoms with Crippen LogP contribution in [0.15, 0.2) is 14.7 Å². The second kappa shape index (κ2) is 7.25. The molecule has 4 nitrogen and oxygen atoms in total. The van der Waals surface area contributed by atoms with Crippen molar-refractivity contribution in [3.63, 3.8) is 0 Å². The van der Waals surface area contributed by atoms with Crippen LogP contribution in [-0.4, -0.2) is 31.9 Å². The van der Waals surface area contributed by atoms with Gasteiger partial charge in [0.05, 0.1) is 10.3 Å². The highest BCUT2D eigenvalue weighted by atomic mass is 79.9. The minimum absolute atomic E-state index is 0.105. The Morgan fingerprint density at radius 3 is 2.86 bits per heavy atom. The SMILES string of the molecule is C#CCN(CCC)S(=O)(=O)c1cc(CNC2CC2)sc1Br. The predicted molar refractivity (Wildman–Crippen MR) is 89.8 cm³/mol. The lowest BCUT2D eigenvalue weighted by Gasteiger charge is -2.18. The number of thiophene rings is 1. The van der Waals surface area contributed by atoms with Crippen molar-refractivity contribution in [3.8, 4) is 12.3 Å². The fourth-order valence-corrected chi connectivity index (χ4v) is 6.00. The van der Waals surface area contributed by atoms with Crippen LogP contribution in [0.3, 0.4) is 0 Å². The molecule has 0 aliphatic heterocycles. The number of sulfonamides is 1. The summed E-state index contributed by atoms with van der Waals surface area (Å²) in [5.41, 5.74) is 0. The van der Waals surface area contributed by atoms with E-state index in [1.165, 1.54) is 28.5 Å². The van der Waals surface area contributed by atoms with E-state index in [0.717, 1.165) is 11.3 Å². The molecule has 0 saturated heterocycles. The Kier molecular flexibility index (Phi) is 5.86. The smallest absolute Gasteiger partial charge is 0.245 e. The topological polar surface area (TPSA) is 49.4 Å². The summed E-state index contributed by atoms with van der Waals surface area (Å²) in [5, 5.41) is 3.39. The summed E-state index contributed by atoms with van der Waals surface area (Å²) in [7, 11) is -3.53. The molecule has 1 aromatic heterocycles. The van der Waals surface area contributed by atoms with Gasteiger partial charge in [0, 0.05) is 24.0 Å². The summed E-state index contributed by atoms with van der Waals surface area (Å²) in [5.74, 6) is 2.43. The largest absolute Gasteiger partial charge is 0.309 e. The third-order valence-corrected chi connectivity index (χ3v) is 7.30. The molecule has 0 spiro atoms. The zero-order valence-electron chi connectivity index (χ0n) is 11.9. The lowest BCUT2D eigenvalue weighted by Crippen LogP contribution is -2.32. The van der Waals surface area contributed by atoms with Crippen LogP contribution in [-0.2, 0) is 16.6 Å². The van der Waals surface area contributed by atoms with E-state index in [2.05, 4.69) is 27.2 Å². The summed E-state index contributed by atoms with van der Waals surface area (Å²) in [4.78, 5) is 1.34. The quantitative estimate of drug-likeness (QED) is 0.694. The molecule has 21 heavy (non-hydrogen) atoms. The maximum atomic E-state index is 12.7. The van der Waals surface area contributed by atoms with E-state index in [-0.39, 0.29) is 6.54 Å². The summed E-state index contributed by atoms with van der Waals surface area (Å²) in [6, 6.07) is 2.35. The highest BCUT2D eigenvalue weighted by Crippen LogP contribution is 2.34. The summed E-state index contributed by atoms with van der Waals surface area (Å²) < 4.78 is 27.4. The van der Waals surface area contributed by atoms with Crippen molar-refractivity contribution in [1.82, 2.24) is 9.62 Å². The number of terminal acetylenes is 1. The molecule has 0 aromatic carbocycles. The third kappa shape index (κ3) is 4.30. The molecule has 1 fully saturated rings. The van der Waals surface area contributed by atoms with Crippen molar-refractivity contribution < 1.29 is 8.42 Å². The molecular weight excluding hydrogens is 372 g/mol. The van der Waals surface area contributed by atoms with Gasteiger partial charge in [0.25, 0.3) is 0 Å². The molecule has 1 aromatic rings. The van der Waals surface area contributed by atoms with Gasteiger partial charge >= 0.3 is 0 Å². The van der Waals surface area contributed by atoms with Crippen LogP contribution in [0.5, 0.6) is 0 Å². The first-order valence-corrected chi connectivity index (χ1v) is 9.99. The molecule has 1 heterocycles. The molecule has 7 heteroatoms. The number of nitrogens with one attached hydrogen (secondary N) is 1. The first-order valence-electron chi connectivity index (χ1n) is 6.94. The van der Waals surface area contributed by atoms with E-state index < -0.39 is 10.0 Å². The van der Waals surface area contributed by atoms with Crippen LogP contribution in [0.1, 0.15) is 31.1 Å². The van der Waals surface area contributed by atoms with Crippen molar-refractivity contribution in [2.24, 2.45) is 0 Å². The number of hydrogen-bond donors (Lipinski definition) is 1. The molecule has 0 atom stereocenters. The van der Waals surface area contributed by atoms with Gasteiger partial charge in [-0.2, -0.15) is 4.31 Å². The predicted octanol–water partition coefficient (Wildman–Crippen LogP) is 2.80. The summed E-state index contributed by atoms with van der Waals surface area (Å²) in [6.07, 6.45) is 8.45. The minimum atomic E-state index is -3.53. The van der Waals surface area contributed by atoms with Crippen LogP contribution >= 0.6 is 27.3 Å². The van der Waals surface area contributed by atoms with Gasteiger partial charge in [-0.1, -0.05) is 12.8 Å². The first-order chi connectivity index (χ1) is 9.98. The zero-order chi connectivity index (χ0) is 15.5. The van der Waals surface area contributed by atoms with Gasteiger partial charge < -0.3 is 5.32 Å². The van der Waals surface area contributed by atoms with Crippen molar-refractivity contribution in [1.29, 1.82) is 0 Å². The van der Waals surface area contributed by atoms with E-state index in [1.54, 1.807) is 6.07 Å². The Hall–Kier alpha value is -0.390. The number of nitrogens with zero attached hydrogens (tertiary/aromatic N) is 1. The summed E-state index contributed by atoms with van der Waals surface area (Å²) >= 11 is 4.84. The number of hydrogen-bond acceptors (Lipinski definition) is 4. The highest BCUT2D eigenvalue weighted by molar-refractivity contribution is 9.11. The Morgan fingerprint density at radius 1 is 1.57 bits per heavy atom. The second-order valence-electron chi connectivity index (χ2n) is 5.05. The van der Waals surface area contributed by atoms with Gasteiger partial charge in [0.1, 0.15) is 4.90 Å². The minimum Gasteiger partial charge on any atom is -0.309 e. The monoisotopic (exact) mass is 390 g/mol. The molecule has 1 aliphatic rings. The van der Waals surface area contributed by atoms with E-state index in [4.69, 9.17) is 6.42 Å². The van der Waals surface area contributed by atoms with Gasteiger partial charge in [0.2, 0.25) is 10.0 Å². The Bertz CT molecular complexity index is 630. The second-order valence-corrected chi connectivity index (χ2v) is 9.41. The molecule has 2 rings (SSSR count). The Balaban J connectivity index is 2.19. The molecule has 0 radical (unpaired) electrons. The third-order valence-electron chi connectivity index (χ3n) is 3.21. The molecule has 0 unspecified atom stereocenters. The van der Waals surface area contributed by atoms with Gasteiger partial charge in [-0.25, -0.2) is 8.42 Å². The average molecular weight is 391 g/mol. The fraction of sp³-hybridized carbons (Fsp3) is 0.571. The van der Waals surface area contributed by atoms with Crippen LogP contribution in [0.2, 0.25) is 0 Å². The lowest BCUT2D eigenvalue weighted by atomic mass is 10.4. The molecule has 1 N–H and O–H groups in total. The molecule has 0 bridgehead atoms. The van der Waals surface area contributed by atoms with Gasteiger partial charge in [-0.15, -0.1) is 17.8 Å². The van der Waals surface area contributed by atoms with Crippen LogP contribution in [0.25, 0.3) is 0 Å². The van der Waals surface area contributed by atoms with Crippen LogP contribution in [0.4, 0.5) is 0 Å². The molecule has 1 saturated carbocycles. The zero-order valence-corrected chi connectivity index (χ0v) is 15.2. The van der Waals surface area contributed by atoms with Gasteiger partial charge in [0.15, 0.2) is 0 Å². The Labute approximate surface area is 139 Å². The lowest BCUT2D eigenvalue weighted by molar-refractivity contribution is 0.445. The van der Waals surface area contributed by atoms with E-state index in [0.29, 0.717) is 27.8 Å². The van der Waals surface area contributed by atoms with E-state index in [9.17, 15) is 8.42 Å². The molecule has 0 amide bonds. The van der Waals surface area contributed by atoms with Crippen LogP contribution < -0.4 is 5.32 Å². The molecule has 116 valence electrons. The van der Waals surface area contributed by atoms with Crippen molar-refractivity contribution in [2.75, 3.05) is 13.1 Å². The van der Waals surface area contributed by atoms with Gasteiger partial charge in [-0.05, 0) is 41.3 Å². The average Bonchev–Trinajstić information content (AvgIpc) is 3.18. The standard InChI is InChI=1S/C14H19BrN2O2S2/c1-3-7-17(8-4-2)21(18,19)13-9-12(20-14(13)15)10-16-11-5-6-11/h1,9,11,16H,4-8,10H2,2H3. The van der Waals surface area contributed by atoms with Crippen LogP contribution in [0, 0.1) is 12.3 Å². The number of halogens is 1. The normalized spacial score (nSPS) is 15.3.